The molecule has 2 fully saturated rings. The van der Waals surface area contributed by atoms with Gasteiger partial charge in [-0.3, -0.25) is 0 Å². The Kier molecular flexibility index (Phi) is 3.13. The number of rotatable bonds is 5. The highest BCUT2D eigenvalue weighted by Crippen LogP contribution is 2.50. The molecule has 3 rings (SSSR count). The van der Waals surface area contributed by atoms with Crippen LogP contribution in [0.2, 0.25) is 0 Å². The number of ether oxygens (including phenoxy) is 2. The molecule has 96 valence electrons. The average Bonchev–Trinajstić information content (AvgIpc) is 3.06. The highest BCUT2D eigenvalue weighted by atomic mass is 32.1. The van der Waals surface area contributed by atoms with Crippen LogP contribution in [0, 0.1) is 18.3 Å². The maximum atomic E-state index is 6.12. The third kappa shape index (κ3) is 2.17. The van der Waals surface area contributed by atoms with Crippen molar-refractivity contribution in [2.24, 2.45) is 5.92 Å². The highest BCUT2D eigenvalue weighted by Gasteiger charge is 2.47. The van der Waals surface area contributed by atoms with Crippen LogP contribution < -0.4 is 9.47 Å². The van der Waals surface area contributed by atoms with E-state index in [1.807, 2.05) is 0 Å². The van der Waals surface area contributed by atoms with Crippen molar-refractivity contribution in [3.05, 3.63) is 0 Å². The lowest BCUT2D eigenvalue weighted by Crippen LogP contribution is -2.30. The van der Waals surface area contributed by atoms with Gasteiger partial charge in [-0.05, 0) is 38.0 Å². The summed E-state index contributed by atoms with van der Waals surface area (Å²) in [7, 11) is 0. The van der Waals surface area contributed by atoms with Crippen molar-refractivity contribution in [2.45, 2.75) is 44.1 Å². The molecular formula is C13H16N2O2S. The molecule has 0 aromatic carbocycles. The summed E-state index contributed by atoms with van der Waals surface area (Å²) in [4.78, 5) is 0. The lowest BCUT2D eigenvalue weighted by atomic mass is 9.97. The zero-order chi connectivity index (χ0) is 12.4. The van der Waals surface area contributed by atoms with E-state index in [0.29, 0.717) is 24.8 Å². The number of aromatic nitrogens is 2. The van der Waals surface area contributed by atoms with Gasteiger partial charge in [-0.1, -0.05) is 0 Å². The van der Waals surface area contributed by atoms with Gasteiger partial charge in [0.25, 0.3) is 11.8 Å². The zero-order valence-corrected chi connectivity index (χ0v) is 11.0. The second kappa shape index (κ2) is 4.77. The van der Waals surface area contributed by atoms with E-state index in [2.05, 4.69) is 14.7 Å². The molecule has 1 heterocycles. The summed E-state index contributed by atoms with van der Waals surface area (Å²) in [6, 6.07) is 0. The van der Waals surface area contributed by atoms with Crippen molar-refractivity contribution in [1.82, 2.24) is 8.75 Å². The van der Waals surface area contributed by atoms with E-state index < -0.39 is 0 Å². The van der Waals surface area contributed by atoms with Crippen molar-refractivity contribution >= 4 is 11.7 Å². The Morgan fingerprint density at radius 2 is 2.11 bits per heavy atom. The summed E-state index contributed by atoms with van der Waals surface area (Å²) < 4.78 is 19.9. The lowest BCUT2D eigenvalue weighted by Gasteiger charge is -2.26. The predicted octanol–water partition coefficient (Wildman–Crippen LogP) is 2.65. The predicted molar refractivity (Wildman–Crippen MR) is 68.8 cm³/mol. The van der Waals surface area contributed by atoms with E-state index in [1.54, 1.807) is 0 Å². The maximum Gasteiger partial charge on any atom is 0.291 e. The topological polar surface area (TPSA) is 44.2 Å². The van der Waals surface area contributed by atoms with Crippen LogP contribution in [-0.2, 0) is 0 Å². The molecule has 2 bridgehead atoms. The standard InChI is InChI=1S/C13H16N2O2S/c1-2-3-8-16-11-12(15-18-14-11)17-13-6-4-10(9-13)5-7-13/h1,10H,3-9H2. The van der Waals surface area contributed by atoms with Crippen LogP contribution in [0.25, 0.3) is 0 Å². The van der Waals surface area contributed by atoms with Gasteiger partial charge < -0.3 is 9.47 Å². The normalized spacial score (nSPS) is 29.2. The van der Waals surface area contributed by atoms with Gasteiger partial charge in [-0.25, -0.2) is 0 Å². The number of terminal acetylenes is 1. The smallest absolute Gasteiger partial charge is 0.291 e. The van der Waals surface area contributed by atoms with E-state index in [9.17, 15) is 0 Å². The number of hydrogen-bond acceptors (Lipinski definition) is 5. The Balaban J connectivity index is 1.66. The highest BCUT2D eigenvalue weighted by molar-refractivity contribution is 6.99. The number of nitrogens with zero attached hydrogens (tertiary/aromatic N) is 2. The second-order valence-electron chi connectivity index (χ2n) is 5.11. The Labute approximate surface area is 111 Å². The van der Waals surface area contributed by atoms with E-state index in [4.69, 9.17) is 15.9 Å². The van der Waals surface area contributed by atoms with Gasteiger partial charge in [-0.2, -0.15) is 0 Å². The number of fused-ring (bicyclic) bond motifs is 2. The Hall–Kier alpha value is -1.28. The first-order valence-electron chi connectivity index (χ1n) is 6.39. The number of hydrogen-bond donors (Lipinski definition) is 0. The molecule has 0 atom stereocenters. The van der Waals surface area contributed by atoms with Crippen LogP contribution in [0.3, 0.4) is 0 Å². The molecule has 0 radical (unpaired) electrons. The van der Waals surface area contributed by atoms with Crippen molar-refractivity contribution in [1.29, 1.82) is 0 Å². The third-order valence-corrected chi connectivity index (χ3v) is 4.40. The molecule has 1 aromatic rings. The summed E-state index contributed by atoms with van der Waals surface area (Å²) in [5, 5.41) is 0. The van der Waals surface area contributed by atoms with Gasteiger partial charge in [-0.15, -0.1) is 21.1 Å². The summed E-state index contributed by atoms with van der Waals surface area (Å²) in [5.74, 6) is 4.44. The zero-order valence-electron chi connectivity index (χ0n) is 10.2. The maximum absolute atomic E-state index is 6.12. The fourth-order valence-corrected chi connectivity index (χ4v) is 3.45. The fourth-order valence-electron chi connectivity index (χ4n) is 3.02. The Morgan fingerprint density at radius 3 is 2.78 bits per heavy atom. The first-order valence-corrected chi connectivity index (χ1v) is 7.12. The quantitative estimate of drug-likeness (QED) is 0.606. The first-order chi connectivity index (χ1) is 8.81. The molecule has 2 aliphatic rings. The minimum absolute atomic E-state index is 0.00461. The molecule has 0 spiro atoms. The van der Waals surface area contributed by atoms with Crippen LogP contribution >= 0.6 is 11.7 Å². The molecular weight excluding hydrogens is 248 g/mol. The van der Waals surface area contributed by atoms with Crippen LogP contribution in [0.1, 0.15) is 38.5 Å². The molecule has 18 heavy (non-hydrogen) atoms. The molecule has 0 N–H and O–H groups in total. The van der Waals surface area contributed by atoms with Gasteiger partial charge in [0.05, 0.1) is 11.7 Å². The molecule has 2 saturated carbocycles. The Morgan fingerprint density at radius 1 is 1.33 bits per heavy atom. The van der Waals surface area contributed by atoms with Crippen LogP contribution in [0.4, 0.5) is 0 Å². The minimum Gasteiger partial charge on any atom is -0.472 e. The fraction of sp³-hybridized carbons (Fsp3) is 0.692. The van der Waals surface area contributed by atoms with Gasteiger partial charge in [0.2, 0.25) is 0 Å². The van der Waals surface area contributed by atoms with E-state index in [1.165, 1.54) is 12.8 Å². The summed E-state index contributed by atoms with van der Waals surface area (Å²) >= 11 is 1.13. The lowest BCUT2D eigenvalue weighted by molar-refractivity contribution is 0.0707. The molecule has 0 unspecified atom stereocenters. The van der Waals surface area contributed by atoms with E-state index in [0.717, 1.165) is 36.9 Å². The SMILES string of the molecule is C#CCCOc1nsnc1OC12CCC(CC1)C2. The molecule has 0 aliphatic heterocycles. The molecule has 5 heteroatoms. The first kappa shape index (κ1) is 11.8. The van der Waals surface area contributed by atoms with E-state index >= 15 is 0 Å². The van der Waals surface area contributed by atoms with E-state index in [-0.39, 0.29) is 5.60 Å². The van der Waals surface area contributed by atoms with Gasteiger partial charge in [0, 0.05) is 6.42 Å². The van der Waals surface area contributed by atoms with Crippen LogP contribution in [0.5, 0.6) is 11.8 Å². The molecule has 0 amide bonds. The molecule has 4 nitrogen and oxygen atoms in total. The minimum atomic E-state index is 0.00461. The van der Waals surface area contributed by atoms with Crippen LogP contribution in [-0.4, -0.2) is 21.0 Å². The van der Waals surface area contributed by atoms with Crippen LogP contribution in [0.15, 0.2) is 0 Å². The molecule has 2 aliphatic carbocycles. The molecule has 0 saturated heterocycles. The van der Waals surface area contributed by atoms with Crippen molar-refractivity contribution < 1.29 is 9.47 Å². The average molecular weight is 264 g/mol. The summed E-state index contributed by atoms with van der Waals surface area (Å²) in [6.07, 6.45) is 11.8. The molecule has 1 aromatic heterocycles. The van der Waals surface area contributed by atoms with Gasteiger partial charge >= 0.3 is 0 Å². The van der Waals surface area contributed by atoms with Gasteiger partial charge in [0.15, 0.2) is 0 Å². The van der Waals surface area contributed by atoms with Crippen molar-refractivity contribution in [2.75, 3.05) is 6.61 Å². The van der Waals surface area contributed by atoms with Crippen molar-refractivity contribution in [3.63, 3.8) is 0 Å². The summed E-state index contributed by atoms with van der Waals surface area (Å²) in [5.41, 5.74) is 0.00461. The largest absolute Gasteiger partial charge is 0.472 e. The van der Waals surface area contributed by atoms with Crippen molar-refractivity contribution in [3.8, 4) is 24.1 Å². The van der Waals surface area contributed by atoms with Gasteiger partial charge in [0.1, 0.15) is 12.2 Å². The third-order valence-electron chi connectivity index (χ3n) is 3.91. The second-order valence-corrected chi connectivity index (χ2v) is 5.64. The monoisotopic (exact) mass is 264 g/mol. The summed E-state index contributed by atoms with van der Waals surface area (Å²) in [6.45, 7) is 0.466. The Bertz CT molecular complexity index is 458.